The van der Waals surface area contributed by atoms with E-state index in [-0.39, 0.29) is 12.5 Å². The molecule has 0 N–H and O–H groups in total. The Morgan fingerprint density at radius 1 is 1.02 bits per heavy atom. The fourth-order valence-corrected chi connectivity index (χ4v) is 4.15. The molecular weight excluding hydrogens is 533 g/mol. The number of hydrogen-bond donors (Lipinski definition) is 0. The van der Waals surface area contributed by atoms with Gasteiger partial charge in [-0.15, -0.1) is 0 Å². The normalized spacial score (nSPS) is 11.7. The van der Waals surface area contributed by atoms with Crippen LogP contribution in [-0.2, 0) is 37.0 Å². The van der Waals surface area contributed by atoms with E-state index in [0.717, 1.165) is 43.8 Å². The second-order valence-electron chi connectivity index (χ2n) is 9.84. The molecule has 0 spiro atoms. The summed E-state index contributed by atoms with van der Waals surface area (Å²) in [6.45, 7) is 1.09. The maximum Gasteiger partial charge on any atom is 0.416 e. The van der Waals surface area contributed by atoms with Crippen LogP contribution in [0.4, 0.5) is 13.2 Å². The average Bonchev–Trinajstić information content (AvgIpc) is 3.61. The Morgan fingerprint density at radius 2 is 1.78 bits per heavy atom. The van der Waals surface area contributed by atoms with Gasteiger partial charge in [0.1, 0.15) is 30.1 Å². The van der Waals surface area contributed by atoms with Crippen LogP contribution in [0.3, 0.4) is 0 Å². The van der Waals surface area contributed by atoms with Gasteiger partial charge >= 0.3 is 6.18 Å². The molecule has 216 valence electrons. The summed E-state index contributed by atoms with van der Waals surface area (Å²) in [4.78, 5) is 22.2. The van der Waals surface area contributed by atoms with Crippen molar-refractivity contribution in [2.75, 3.05) is 14.1 Å². The summed E-state index contributed by atoms with van der Waals surface area (Å²) in [5.74, 6) is 2.10. The molecule has 2 aromatic heterocycles. The Hall–Kier alpha value is -4.34. The fraction of sp³-hybridized carbons (Fsp3) is 0.323. The Bertz CT molecular complexity index is 1420. The molecule has 0 aliphatic rings. The molecule has 0 radical (unpaired) electrons. The van der Waals surface area contributed by atoms with Crippen LogP contribution in [-0.4, -0.2) is 39.4 Å². The Morgan fingerprint density at radius 3 is 2.49 bits per heavy atom. The van der Waals surface area contributed by atoms with Gasteiger partial charge in [0.05, 0.1) is 5.56 Å². The highest BCUT2D eigenvalue weighted by atomic mass is 19.4. The molecule has 10 heteroatoms. The van der Waals surface area contributed by atoms with Gasteiger partial charge in [-0.2, -0.15) is 13.2 Å². The summed E-state index contributed by atoms with van der Waals surface area (Å²) < 4.78 is 51.4. The van der Waals surface area contributed by atoms with E-state index in [9.17, 15) is 18.0 Å². The van der Waals surface area contributed by atoms with E-state index in [2.05, 4.69) is 14.5 Å². The van der Waals surface area contributed by atoms with Crippen molar-refractivity contribution >= 4 is 18.1 Å². The van der Waals surface area contributed by atoms with Crippen molar-refractivity contribution in [1.29, 1.82) is 0 Å². The number of nitrogens with zero attached hydrogens (tertiary/aromatic N) is 4. The average molecular weight is 567 g/mol. The van der Waals surface area contributed by atoms with Crippen molar-refractivity contribution in [3.63, 3.8) is 0 Å². The minimum Gasteiger partial charge on any atom is -0.487 e. The molecule has 0 atom stereocenters. The summed E-state index contributed by atoms with van der Waals surface area (Å²) in [5.41, 5.74) is 1.74. The predicted molar refractivity (Wildman–Crippen MR) is 150 cm³/mol. The molecule has 0 saturated carbocycles. The van der Waals surface area contributed by atoms with E-state index in [0.29, 0.717) is 35.7 Å². The highest BCUT2D eigenvalue weighted by Gasteiger charge is 2.29. The van der Waals surface area contributed by atoms with Crippen LogP contribution in [0, 0.1) is 0 Å². The molecule has 2 heterocycles. The number of halogens is 3. The Labute approximate surface area is 237 Å². The first kappa shape index (κ1) is 29.6. The second-order valence-corrected chi connectivity index (χ2v) is 9.84. The zero-order valence-corrected chi connectivity index (χ0v) is 23.1. The van der Waals surface area contributed by atoms with E-state index >= 15 is 0 Å². The number of carbonyl (C=O) groups is 1. The van der Waals surface area contributed by atoms with E-state index in [1.807, 2.05) is 30.5 Å². The minimum atomic E-state index is -4.36. The molecule has 0 bridgehead atoms. The van der Waals surface area contributed by atoms with Gasteiger partial charge in [0.2, 0.25) is 11.8 Å². The van der Waals surface area contributed by atoms with Crippen LogP contribution in [0.25, 0.3) is 12.2 Å². The van der Waals surface area contributed by atoms with Crippen LogP contribution in [0.2, 0.25) is 0 Å². The zero-order chi connectivity index (χ0) is 29.2. The van der Waals surface area contributed by atoms with E-state index < -0.39 is 11.7 Å². The van der Waals surface area contributed by atoms with Crippen molar-refractivity contribution in [3.05, 3.63) is 101 Å². The van der Waals surface area contributed by atoms with Crippen molar-refractivity contribution in [1.82, 2.24) is 19.4 Å². The summed E-state index contributed by atoms with van der Waals surface area (Å²) in [6.07, 6.45) is 8.19. The lowest BCUT2D eigenvalue weighted by atomic mass is 10.1. The number of hydrogen-bond acceptors (Lipinski definition) is 5. The number of ether oxygens (including phenoxy) is 1. The van der Waals surface area contributed by atoms with Gasteiger partial charge in [-0.25, -0.2) is 9.97 Å². The fourth-order valence-electron chi connectivity index (χ4n) is 4.15. The molecule has 41 heavy (non-hydrogen) atoms. The van der Waals surface area contributed by atoms with Gasteiger partial charge in [0.25, 0.3) is 0 Å². The lowest BCUT2D eigenvalue weighted by Crippen LogP contribution is -2.22. The van der Waals surface area contributed by atoms with Crippen LogP contribution < -0.4 is 4.74 Å². The Balaban J connectivity index is 1.17. The largest absolute Gasteiger partial charge is 0.487 e. The third kappa shape index (κ3) is 9.09. The highest BCUT2D eigenvalue weighted by molar-refractivity contribution is 5.75. The van der Waals surface area contributed by atoms with Crippen LogP contribution in [0.5, 0.6) is 5.75 Å². The van der Waals surface area contributed by atoms with E-state index in [1.54, 1.807) is 37.3 Å². The van der Waals surface area contributed by atoms with Crippen LogP contribution >= 0.6 is 0 Å². The first-order valence-electron chi connectivity index (χ1n) is 13.4. The van der Waals surface area contributed by atoms with Crippen molar-refractivity contribution in [2.45, 2.75) is 51.4 Å². The molecule has 0 aliphatic carbocycles. The SMILES string of the molecule is CN(C)C(=O)CCc1nccn1CCCCc1ccc(OCc2coc(C=Cc3ccc(C(F)(F)F)cc3)n2)cc1. The van der Waals surface area contributed by atoms with Crippen molar-refractivity contribution < 1.29 is 27.1 Å². The third-order valence-electron chi connectivity index (χ3n) is 6.51. The maximum absolute atomic E-state index is 12.7. The zero-order valence-electron chi connectivity index (χ0n) is 23.1. The number of unbranched alkanes of at least 4 members (excludes halogenated alkanes) is 1. The number of aryl methyl sites for hydroxylation is 3. The van der Waals surface area contributed by atoms with Gasteiger partial charge < -0.3 is 18.6 Å². The minimum absolute atomic E-state index is 0.102. The van der Waals surface area contributed by atoms with E-state index in [4.69, 9.17) is 9.15 Å². The lowest BCUT2D eigenvalue weighted by molar-refractivity contribution is -0.137. The molecule has 4 aromatic rings. The number of amides is 1. The van der Waals surface area contributed by atoms with Crippen LogP contribution in [0.1, 0.15) is 53.4 Å². The summed E-state index contributed by atoms with van der Waals surface area (Å²) in [7, 11) is 3.52. The molecule has 2 aromatic carbocycles. The number of alkyl halides is 3. The molecule has 0 unspecified atom stereocenters. The summed E-state index contributed by atoms with van der Waals surface area (Å²) in [6, 6.07) is 12.8. The van der Waals surface area contributed by atoms with Crippen molar-refractivity contribution in [2.24, 2.45) is 0 Å². The molecule has 0 saturated heterocycles. The molecular formula is C31H33F3N4O3. The second kappa shape index (κ2) is 13.8. The van der Waals surface area contributed by atoms with Gasteiger partial charge in [0.15, 0.2) is 0 Å². The number of aromatic nitrogens is 3. The summed E-state index contributed by atoms with van der Waals surface area (Å²) in [5, 5.41) is 0. The number of oxazole rings is 1. The standard InChI is InChI=1S/C31H33F3N4O3/c1-37(2)30(39)17-15-28-35-18-20-38(28)19-4-3-5-23-8-13-27(14-9-23)40-21-26-22-41-29(36-26)16-10-24-6-11-25(12-7-24)31(32,33)34/h6-14,16,18,20,22H,3-5,15,17,19,21H2,1-2H3. The Kier molecular flexibility index (Phi) is 10.00. The van der Waals surface area contributed by atoms with Gasteiger partial charge in [-0.1, -0.05) is 24.3 Å². The number of imidazole rings is 1. The molecule has 4 rings (SSSR count). The topological polar surface area (TPSA) is 73.4 Å². The van der Waals surface area contributed by atoms with Gasteiger partial charge in [-0.3, -0.25) is 4.79 Å². The summed E-state index contributed by atoms with van der Waals surface area (Å²) >= 11 is 0. The monoisotopic (exact) mass is 566 g/mol. The molecule has 0 fully saturated rings. The predicted octanol–water partition coefficient (Wildman–Crippen LogP) is 6.68. The van der Waals surface area contributed by atoms with Gasteiger partial charge in [0, 0.05) is 52.0 Å². The van der Waals surface area contributed by atoms with Gasteiger partial charge in [-0.05, 0) is 60.7 Å². The first-order valence-corrected chi connectivity index (χ1v) is 13.4. The quantitative estimate of drug-likeness (QED) is 0.169. The number of benzene rings is 2. The lowest BCUT2D eigenvalue weighted by Gasteiger charge is -2.11. The number of carbonyl (C=O) groups excluding carboxylic acids is 1. The van der Waals surface area contributed by atoms with Crippen molar-refractivity contribution in [3.8, 4) is 5.75 Å². The van der Waals surface area contributed by atoms with Crippen LogP contribution in [0.15, 0.2) is 71.6 Å². The smallest absolute Gasteiger partial charge is 0.416 e. The molecule has 7 nitrogen and oxygen atoms in total. The molecule has 0 aliphatic heterocycles. The highest BCUT2D eigenvalue weighted by Crippen LogP contribution is 2.29. The third-order valence-corrected chi connectivity index (χ3v) is 6.51. The maximum atomic E-state index is 12.7. The number of rotatable bonds is 13. The van der Waals surface area contributed by atoms with E-state index in [1.165, 1.54) is 24.0 Å². The molecule has 1 amide bonds. The first-order chi connectivity index (χ1) is 19.7.